The van der Waals surface area contributed by atoms with Crippen molar-refractivity contribution in [2.24, 2.45) is 0 Å². The lowest BCUT2D eigenvalue weighted by molar-refractivity contribution is -0.153. The minimum absolute atomic E-state index is 0.153. The van der Waals surface area contributed by atoms with Gasteiger partial charge < -0.3 is 9.47 Å². The van der Waals surface area contributed by atoms with Crippen molar-refractivity contribution < 1.29 is 31.6 Å². The van der Waals surface area contributed by atoms with E-state index in [9.17, 15) is 13.8 Å². The Morgan fingerprint density at radius 2 is 2.21 bits per heavy atom. The van der Waals surface area contributed by atoms with Crippen molar-refractivity contribution >= 4 is 23.3 Å². The van der Waals surface area contributed by atoms with Crippen LogP contribution >= 0.6 is 0 Å². The zero-order valence-corrected chi connectivity index (χ0v) is 11.3. The van der Waals surface area contributed by atoms with Gasteiger partial charge >= 0.3 is 23.3 Å². The molecule has 2 rings (SSSR count). The third kappa shape index (κ3) is 3.20. The van der Waals surface area contributed by atoms with Crippen LogP contribution in [0.3, 0.4) is 0 Å². The number of rotatable bonds is 3. The molecule has 19 heavy (non-hydrogen) atoms. The Morgan fingerprint density at radius 3 is 2.84 bits per heavy atom. The van der Waals surface area contributed by atoms with Gasteiger partial charge in [0.25, 0.3) is 0 Å². The van der Waals surface area contributed by atoms with Gasteiger partial charge in [-0.3, -0.25) is 13.2 Å². The zero-order chi connectivity index (χ0) is 14.0. The number of fused-ring (bicyclic) bond motifs is 1. The van der Waals surface area contributed by atoms with Crippen LogP contribution in [0.15, 0.2) is 11.6 Å². The Hall–Kier alpha value is -1.25. The van der Waals surface area contributed by atoms with E-state index < -0.39 is 41.6 Å². The molecule has 7 nitrogen and oxygen atoms in total. The summed E-state index contributed by atoms with van der Waals surface area (Å²) in [5.74, 6) is -1.01. The molecule has 0 aromatic rings. The first-order chi connectivity index (χ1) is 9.01. The summed E-state index contributed by atoms with van der Waals surface area (Å²) in [6.07, 6.45) is -0.396. The van der Waals surface area contributed by atoms with Gasteiger partial charge in [0.1, 0.15) is 18.3 Å². The summed E-state index contributed by atoms with van der Waals surface area (Å²) < 4.78 is 31.3. The minimum Gasteiger partial charge on any atom is -0.463 e. The van der Waals surface area contributed by atoms with Crippen LogP contribution in [0, 0.1) is 0 Å². The molecule has 1 unspecified atom stereocenters. The molecule has 4 atom stereocenters. The second-order valence-electron chi connectivity index (χ2n) is 4.09. The van der Waals surface area contributed by atoms with Crippen molar-refractivity contribution in [1.82, 2.24) is 0 Å². The highest BCUT2D eigenvalue weighted by molar-refractivity contribution is 7.75. The predicted molar refractivity (Wildman–Crippen MR) is 62.8 cm³/mol. The Bertz CT molecular complexity index is 444. The SMILES string of the molecule is CCOC(=O)C1=C[C@H]2OS(=O)O[C@H]2[C@H](OC(C)=O)C1. The largest absolute Gasteiger partial charge is 0.463 e. The highest BCUT2D eigenvalue weighted by Crippen LogP contribution is 2.32. The molecule has 0 aromatic carbocycles. The molecule has 0 amide bonds. The van der Waals surface area contributed by atoms with Crippen LogP contribution in [0.4, 0.5) is 0 Å². The van der Waals surface area contributed by atoms with Crippen molar-refractivity contribution in [2.45, 2.75) is 38.6 Å². The van der Waals surface area contributed by atoms with Gasteiger partial charge in [-0.2, -0.15) is 4.21 Å². The fourth-order valence-corrected chi connectivity index (χ4v) is 2.81. The first-order valence-corrected chi connectivity index (χ1v) is 6.82. The van der Waals surface area contributed by atoms with E-state index in [-0.39, 0.29) is 13.0 Å². The molecule has 0 spiro atoms. The molecule has 106 valence electrons. The van der Waals surface area contributed by atoms with Gasteiger partial charge in [-0.25, -0.2) is 4.79 Å². The Balaban J connectivity index is 2.19. The summed E-state index contributed by atoms with van der Waals surface area (Å²) in [5, 5.41) is 0. The molecule has 2 aliphatic rings. The van der Waals surface area contributed by atoms with E-state index in [1.807, 2.05) is 0 Å². The summed E-state index contributed by atoms with van der Waals surface area (Å²) in [5.41, 5.74) is 0.330. The predicted octanol–water partition coefficient (Wildman–Crippen LogP) is 0.174. The van der Waals surface area contributed by atoms with Gasteiger partial charge in [0, 0.05) is 18.9 Å². The van der Waals surface area contributed by atoms with Crippen LogP contribution in [0.1, 0.15) is 20.3 Å². The lowest BCUT2D eigenvalue weighted by Crippen LogP contribution is -2.41. The fraction of sp³-hybridized carbons (Fsp3) is 0.636. The van der Waals surface area contributed by atoms with Crippen molar-refractivity contribution in [3.05, 3.63) is 11.6 Å². The molecule has 1 saturated heterocycles. The highest BCUT2D eigenvalue weighted by Gasteiger charge is 2.45. The van der Waals surface area contributed by atoms with Crippen LogP contribution in [-0.4, -0.2) is 41.1 Å². The van der Waals surface area contributed by atoms with E-state index in [4.69, 9.17) is 17.8 Å². The lowest BCUT2D eigenvalue weighted by Gasteiger charge is -2.28. The molecule has 0 bridgehead atoms. The standard InChI is InChI=1S/C11H14O7S/c1-3-15-11(13)7-4-8(16-6(2)12)10-9(5-7)17-19(14)18-10/h5,8-10H,3-4H2,1-2H3/t8-,9-,10+,19?/m1/s1. The third-order valence-electron chi connectivity index (χ3n) is 2.71. The first kappa shape index (κ1) is 14.2. The average Bonchev–Trinajstić information content (AvgIpc) is 2.69. The number of carbonyl (C=O) groups is 2. The van der Waals surface area contributed by atoms with Crippen LogP contribution in [0.2, 0.25) is 0 Å². The van der Waals surface area contributed by atoms with E-state index in [1.165, 1.54) is 13.0 Å². The zero-order valence-electron chi connectivity index (χ0n) is 10.5. The summed E-state index contributed by atoms with van der Waals surface area (Å²) in [6.45, 7) is 3.19. The average molecular weight is 290 g/mol. The number of hydrogen-bond donors (Lipinski definition) is 0. The molecular weight excluding hydrogens is 276 g/mol. The van der Waals surface area contributed by atoms with Crippen LogP contribution in [-0.2, 0) is 38.8 Å². The molecule has 1 aliphatic carbocycles. The third-order valence-corrected chi connectivity index (χ3v) is 3.47. The van der Waals surface area contributed by atoms with Crippen LogP contribution in [0.25, 0.3) is 0 Å². The number of esters is 2. The number of ether oxygens (including phenoxy) is 2. The molecule has 0 radical (unpaired) electrons. The van der Waals surface area contributed by atoms with Gasteiger partial charge in [-0.1, -0.05) is 0 Å². The monoisotopic (exact) mass is 290 g/mol. The number of hydrogen-bond acceptors (Lipinski definition) is 7. The Labute approximate surface area is 112 Å². The Kier molecular flexibility index (Phi) is 4.33. The van der Waals surface area contributed by atoms with Crippen LogP contribution < -0.4 is 0 Å². The summed E-state index contributed by atoms with van der Waals surface area (Å²) in [7, 11) is 0. The fourth-order valence-electron chi connectivity index (χ4n) is 2.01. The maximum atomic E-state index is 11.7. The van der Waals surface area contributed by atoms with Gasteiger partial charge in [-0.15, -0.1) is 0 Å². The van der Waals surface area contributed by atoms with Crippen molar-refractivity contribution in [3.8, 4) is 0 Å². The van der Waals surface area contributed by atoms with E-state index >= 15 is 0 Å². The molecule has 0 N–H and O–H groups in total. The molecule has 1 aliphatic heterocycles. The van der Waals surface area contributed by atoms with Crippen molar-refractivity contribution in [2.75, 3.05) is 6.61 Å². The normalized spacial score (nSPS) is 33.3. The first-order valence-electron chi connectivity index (χ1n) is 5.82. The van der Waals surface area contributed by atoms with Gasteiger partial charge in [0.2, 0.25) is 0 Å². The second kappa shape index (κ2) is 5.81. The van der Waals surface area contributed by atoms with Gasteiger partial charge in [-0.05, 0) is 13.0 Å². The second-order valence-corrected chi connectivity index (χ2v) is 4.88. The van der Waals surface area contributed by atoms with E-state index in [1.54, 1.807) is 6.92 Å². The maximum absolute atomic E-state index is 11.7. The van der Waals surface area contributed by atoms with Gasteiger partial charge in [0.15, 0.2) is 0 Å². The molecule has 8 heteroatoms. The van der Waals surface area contributed by atoms with E-state index in [2.05, 4.69) is 0 Å². The Morgan fingerprint density at radius 1 is 1.47 bits per heavy atom. The molecular formula is C11H14O7S. The quantitative estimate of drug-likeness (QED) is 0.685. The lowest BCUT2D eigenvalue weighted by atomic mass is 9.92. The van der Waals surface area contributed by atoms with Crippen LogP contribution in [0.5, 0.6) is 0 Å². The molecule has 0 saturated carbocycles. The topological polar surface area (TPSA) is 88.1 Å². The van der Waals surface area contributed by atoms with Crippen molar-refractivity contribution in [1.29, 1.82) is 0 Å². The summed E-state index contributed by atoms with van der Waals surface area (Å²) in [4.78, 5) is 22.8. The number of carbonyl (C=O) groups excluding carboxylic acids is 2. The van der Waals surface area contributed by atoms with Crippen molar-refractivity contribution in [3.63, 3.8) is 0 Å². The van der Waals surface area contributed by atoms with E-state index in [0.717, 1.165) is 0 Å². The highest BCUT2D eigenvalue weighted by atomic mass is 32.2. The van der Waals surface area contributed by atoms with Gasteiger partial charge in [0.05, 0.1) is 6.61 Å². The summed E-state index contributed by atoms with van der Waals surface area (Å²) >= 11 is -1.90. The molecule has 1 heterocycles. The molecule has 1 fully saturated rings. The maximum Gasteiger partial charge on any atom is 0.333 e. The smallest absolute Gasteiger partial charge is 0.333 e. The summed E-state index contributed by atoms with van der Waals surface area (Å²) in [6, 6.07) is 0. The molecule has 0 aromatic heterocycles. The minimum atomic E-state index is -1.90. The van der Waals surface area contributed by atoms with E-state index in [0.29, 0.717) is 5.57 Å².